The van der Waals surface area contributed by atoms with Crippen molar-refractivity contribution in [3.8, 4) is 0 Å². The molecule has 0 spiro atoms. The van der Waals surface area contributed by atoms with Crippen LogP contribution in [0.2, 0.25) is 0 Å². The van der Waals surface area contributed by atoms with E-state index in [1.807, 2.05) is 20.8 Å². The van der Waals surface area contributed by atoms with Crippen LogP contribution in [0.3, 0.4) is 0 Å². The lowest BCUT2D eigenvalue weighted by Gasteiger charge is -2.24. The highest BCUT2D eigenvalue weighted by Gasteiger charge is 2.15. The third-order valence-electron chi connectivity index (χ3n) is 2.57. The maximum Gasteiger partial charge on any atom is 0.167 e. The van der Waals surface area contributed by atoms with Crippen molar-refractivity contribution in [2.24, 2.45) is 0 Å². The summed E-state index contributed by atoms with van der Waals surface area (Å²) >= 11 is 0. The molecule has 0 saturated heterocycles. The van der Waals surface area contributed by atoms with Crippen LogP contribution in [0.25, 0.3) is 0 Å². The second-order valence-corrected chi connectivity index (χ2v) is 5.49. The fraction of sp³-hybridized carbons (Fsp3) is 0.600. The fourth-order valence-corrected chi connectivity index (χ4v) is 1.68. The summed E-state index contributed by atoms with van der Waals surface area (Å²) in [5.41, 5.74) is 2.24. The minimum atomic E-state index is -0.764. The summed E-state index contributed by atoms with van der Waals surface area (Å²) in [4.78, 5) is 0. The van der Waals surface area contributed by atoms with Gasteiger partial charge in [0, 0.05) is 13.1 Å². The van der Waals surface area contributed by atoms with Gasteiger partial charge in [-0.1, -0.05) is 31.2 Å². The van der Waals surface area contributed by atoms with E-state index in [0.29, 0.717) is 6.54 Å². The Morgan fingerprint density at radius 1 is 1.17 bits per heavy atom. The lowest BCUT2D eigenvalue weighted by atomic mass is 10.1. The summed E-state index contributed by atoms with van der Waals surface area (Å²) in [5.74, 6) is 0. The molecule has 0 radical (unpaired) electrons. The highest BCUT2D eigenvalue weighted by atomic mass is 16.6. The molecule has 18 heavy (non-hydrogen) atoms. The summed E-state index contributed by atoms with van der Waals surface area (Å²) in [5, 5.41) is 12.8. The first-order chi connectivity index (χ1) is 8.40. The van der Waals surface area contributed by atoms with E-state index < -0.39 is 6.29 Å². The molecule has 1 atom stereocenters. The Morgan fingerprint density at radius 2 is 1.72 bits per heavy atom. The molecule has 0 fully saturated rings. The zero-order valence-corrected chi connectivity index (χ0v) is 11.9. The van der Waals surface area contributed by atoms with E-state index in [1.54, 1.807) is 0 Å². The van der Waals surface area contributed by atoms with Crippen LogP contribution in [-0.2, 0) is 17.7 Å². The number of benzene rings is 1. The van der Waals surface area contributed by atoms with Gasteiger partial charge in [-0.15, -0.1) is 0 Å². The number of aryl methyl sites for hydroxylation is 1. The van der Waals surface area contributed by atoms with Crippen molar-refractivity contribution in [2.75, 3.05) is 6.54 Å². The van der Waals surface area contributed by atoms with Gasteiger partial charge >= 0.3 is 0 Å². The van der Waals surface area contributed by atoms with Crippen molar-refractivity contribution < 1.29 is 9.84 Å². The first-order valence-corrected chi connectivity index (χ1v) is 6.55. The standard InChI is InChI=1S/C15H25NO2/c1-5-12-6-8-13(9-7-12)10-16-11-14(17)18-15(2,3)4/h6-9,14,16-17H,5,10-11H2,1-4H3. The fourth-order valence-electron chi connectivity index (χ4n) is 1.68. The molecule has 0 aliphatic heterocycles. The van der Waals surface area contributed by atoms with Crippen molar-refractivity contribution >= 4 is 0 Å². The van der Waals surface area contributed by atoms with Gasteiger partial charge in [-0.2, -0.15) is 0 Å². The molecule has 1 unspecified atom stereocenters. The van der Waals surface area contributed by atoms with Gasteiger partial charge < -0.3 is 15.2 Å². The maximum atomic E-state index is 9.66. The monoisotopic (exact) mass is 251 g/mol. The van der Waals surface area contributed by atoms with Crippen LogP contribution in [0.15, 0.2) is 24.3 Å². The third-order valence-corrected chi connectivity index (χ3v) is 2.57. The Morgan fingerprint density at radius 3 is 2.22 bits per heavy atom. The average molecular weight is 251 g/mol. The summed E-state index contributed by atoms with van der Waals surface area (Å²) in [6, 6.07) is 8.50. The molecule has 3 heteroatoms. The number of rotatable bonds is 6. The van der Waals surface area contributed by atoms with Crippen molar-refractivity contribution in [1.29, 1.82) is 0 Å². The first-order valence-electron chi connectivity index (χ1n) is 6.55. The SMILES string of the molecule is CCc1ccc(CNCC(O)OC(C)(C)C)cc1. The lowest BCUT2D eigenvalue weighted by Crippen LogP contribution is -2.35. The van der Waals surface area contributed by atoms with Crippen LogP contribution < -0.4 is 5.32 Å². The Kier molecular flexibility index (Phi) is 5.79. The van der Waals surface area contributed by atoms with Gasteiger partial charge in [0.25, 0.3) is 0 Å². The number of aliphatic hydroxyl groups excluding tert-OH is 1. The molecule has 1 aromatic rings. The number of ether oxygens (including phenoxy) is 1. The molecule has 0 amide bonds. The zero-order valence-electron chi connectivity index (χ0n) is 11.9. The van der Waals surface area contributed by atoms with Crippen LogP contribution >= 0.6 is 0 Å². The molecule has 0 heterocycles. The smallest absolute Gasteiger partial charge is 0.167 e. The van der Waals surface area contributed by atoms with Gasteiger partial charge in [-0.3, -0.25) is 0 Å². The molecule has 1 aromatic carbocycles. The zero-order chi connectivity index (χ0) is 13.6. The summed E-state index contributed by atoms with van der Waals surface area (Å²) in [6.45, 7) is 9.12. The van der Waals surface area contributed by atoms with Gasteiger partial charge in [0.05, 0.1) is 5.60 Å². The van der Waals surface area contributed by atoms with Gasteiger partial charge in [0.15, 0.2) is 6.29 Å². The van der Waals surface area contributed by atoms with Crippen molar-refractivity contribution in [3.63, 3.8) is 0 Å². The molecule has 1 rings (SSSR count). The highest BCUT2D eigenvalue weighted by molar-refractivity contribution is 5.22. The van der Waals surface area contributed by atoms with Crippen molar-refractivity contribution in [2.45, 2.75) is 52.6 Å². The van der Waals surface area contributed by atoms with E-state index >= 15 is 0 Å². The van der Waals surface area contributed by atoms with Crippen molar-refractivity contribution in [1.82, 2.24) is 5.32 Å². The summed E-state index contributed by atoms with van der Waals surface area (Å²) < 4.78 is 5.41. The predicted octanol–water partition coefficient (Wildman–Crippen LogP) is 2.47. The van der Waals surface area contributed by atoms with E-state index in [2.05, 4.69) is 36.5 Å². The number of hydrogen-bond donors (Lipinski definition) is 2. The largest absolute Gasteiger partial charge is 0.367 e. The number of aliphatic hydroxyl groups is 1. The molecule has 3 nitrogen and oxygen atoms in total. The summed E-state index contributed by atoms with van der Waals surface area (Å²) in [6.07, 6.45) is 0.297. The van der Waals surface area contributed by atoms with E-state index in [0.717, 1.165) is 13.0 Å². The topological polar surface area (TPSA) is 41.5 Å². The number of nitrogens with one attached hydrogen (secondary N) is 1. The van der Waals surface area contributed by atoms with E-state index in [1.165, 1.54) is 11.1 Å². The lowest BCUT2D eigenvalue weighted by molar-refractivity contribution is -0.162. The second kappa shape index (κ2) is 6.88. The predicted molar refractivity (Wildman–Crippen MR) is 74.4 cm³/mol. The van der Waals surface area contributed by atoms with E-state index in [9.17, 15) is 5.11 Å². The minimum absolute atomic E-state index is 0.316. The second-order valence-electron chi connectivity index (χ2n) is 5.49. The molecular formula is C15H25NO2. The molecule has 0 aliphatic rings. The Balaban J connectivity index is 2.28. The Bertz CT molecular complexity index is 341. The molecule has 0 bridgehead atoms. The highest BCUT2D eigenvalue weighted by Crippen LogP contribution is 2.09. The van der Waals surface area contributed by atoms with Gasteiger partial charge in [-0.05, 0) is 38.3 Å². The first kappa shape index (κ1) is 15.2. The number of hydrogen-bond acceptors (Lipinski definition) is 3. The van der Waals surface area contributed by atoms with Crippen molar-refractivity contribution in [3.05, 3.63) is 35.4 Å². The van der Waals surface area contributed by atoms with E-state index in [4.69, 9.17) is 4.74 Å². The molecule has 0 aliphatic carbocycles. The van der Waals surface area contributed by atoms with Crippen LogP contribution in [-0.4, -0.2) is 23.5 Å². The van der Waals surface area contributed by atoms with Gasteiger partial charge in [0.1, 0.15) is 0 Å². The molecule has 2 N–H and O–H groups in total. The quantitative estimate of drug-likeness (QED) is 0.763. The Labute approximate surface area is 110 Å². The molecular weight excluding hydrogens is 226 g/mol. The Hall–Kier alpha value is -0.900. The van der Waals surface area contributed by atoms with E-state index in [-0.39, 0.29) is 5.60 Å². The minimum Gasteiger partial charge on any atom is -0.367 e. The maximum absolute atomic E-state index is 9.66. The normalized spacial score (nSPS) is 13.6. The average Bonchev–Trinajstić information content (AvgIpc) is 2.27. The molecule has 0 saturated carbocycles. The molecule has 102 valence electrons. The van der Waals surface area contributed by atoms with Crippen LogP contribution in [0.4, 0.5) is 0 Å². The summed E-state index contributed by atoms with van der Waals surface area (Å²) in [7, 11) is 0. The molecule has 0 aromatic heterocycles. The van der Waals surface area contributed by atoms with Crippen LogP contribution in [0, 0.1) is 0 Å². The van der Waals surface area contributed by atoms with Crippen LogP contribution in [0.5, 0.6) is 0 Å². The third kappa shape index (κ3) is 6.15. The van der Waals surface area contributed by atoms with Crippen LogP contribution in [0.1, 0.15) is 38.8 Å². The van der Waals surface area contributed by atoms with Gasteiger partial charge in [0.2, 0.25) is 0 Å². The van der Waals surface area contributed by atoms with Gasteiger partial charge in [-0.25, -0.2) is 0 Å².